The number of nitrogens with one attached hydrogen (secondary N) is 2. The minimum atomic E-state index is -0.674. The molecule has 0 saturated carbocycles. The summed E-state index contributed by atoms with van der Waals surface area (Å²) in [6.07, 6.45) is 1.06. The number of carbonyl (C=O) groups is 2. The van der Waals surface area contributed by atoms with Crippen LogP contribution in [0.15, 0.2) is 24.3 Å². The van der Waals surface area contributed by atoms with Crippen LogP contribution in [0.5, 0.6) is 5.75 Å². The van der Waals surface area contributed by atoms with E-state index in [1.165, 1.54) is 0 Å². The van der Waals surface area contributed by atoms with Crippen LogP contribution >= 0.6 is 0 Å². The first-order valence-electron chi connectivity index (χ1n) is 11.6. The van der Waals surface area contributed by atoms with Crippen LogP contribution in [0, 0.1) is 5.41 Å². The highest BCUT2D eigenvalue weighted by Gasteiger charge is 2.34. The predicted octanol–water partition coefficient (Wildman–Crippen LogP) is 3.06. The lowest BCUT2D eigenvalue weighted by Gasteiger charge is -2.29. The number of imidazole rings is 1. The molecule has 1 atom stereocenters. The molecule has 8 heteroatoms. The van der Waals surface area contributed by atoms with Gasteiger partial charge in [0.05, 0.1) is 11.8 Å². The van der Waals surface area contributed by atoms with Crippen LogP contribution in [0.1, 0.15) is 57.2 Å². The Hall–Kier alpha value is -2.87. The summed E-state index contributed by atoms with van der Waals surface area (Å²) in [5, 5.41) is 5.60. The van der Waals surface area contributed by atoms with Crippen LogP contribution in [-0.4, -0.2) is 59.1 Å². The number of likely N-dealkylation sites (N-methyl/N-ethyl adjacent to an activating group) is 1. The number of amides is 2. The van der Waals surface area contributed by atoms with Gasteiger partial charge in [0.15, 0.2) is 5.69 Å². The minimum Gasteiger partial charge on any atom is -0.491 e. The molecule has 180 valence electrons. The van der Waals surface area contributed by atoms with Gasteiger partial charge in [-0.25, -0.2) is 4.98 Å². The van der Waals surface area contributed by atoms with Crippen LogP contribution in [0.25, 0.3) is 11.4 Å². The van der Waals surface area contributed by atoms with Crippen molar-refractivity contribution in [3.63, 3.8) is 0 Å². The second-order valence-electron chi connectivity index (χ2n) is 10.1. The van der Waals surface area contributed by atoms with Crippen molar-refractivity contribution in [2.75, 3.05) is 20.6 Å². The van der Waals surface area contributed by atoms with E-state index in [9.17, 15) is 9.59 Å². The molecule has 33 heavy (non-hydrogen) atoms. The topological polar surface area (TPSA) is 88.5 Å². The Balaban J connectivity index is 2.01. The van der Waals surface area contributed by atoms with Crippen molar-refractivity contribution in [1.82, 2.24) is 25.1 Å². The molecule has 0 spiro atoms. The summed E-state index contributed by atoms with van der Waals surface area (Å²) in [6, 6.07) is 7.14. The zero-order valence-corrected chi connectivity index (χ0v) is 20.9. The Bertz CT molecular complexity index is 989. The fourth-order valence-electron chi connectivity index (χ4n) is 4.10. The minimum absolute atomic E-state index is 0.0977. The van der Waals surface area contributed by atoms with Gasteiger partial charge in [-0.15, -0.1) is 0 Å². The maximum absolute atomic E-state index is 13.4. The molecule has 3 rings (SSSR count). The van der Waals surface area contributed by atoms with Crippen molar-refractivity contribution in [3.8, 4) is 17.1 Å². The number of fused-ring (bicyclic) bond motifs is 1. The summed E-state index contributed by atoms with van der Waals surface area (Å²) in [7, 11) is 3.63. The first-order chi connectivity index (χ1) is 15.5. The molecule has 0 unspecified atom stereocenters. The van der Waals surface area contributed by atoms with Crippen molar-refractivity contribution in [1.29, 1.82) is 0 Å². The summed E-state index contributed by atoms with van der Waals surface area (Å²) < 4.78 is 7.91. The lowest BCUT2D eigenvalue weighted by molar-refractivity contribution is -0.124. The van der Waals surface area contributed by atoms with Gasteiger partial charge in [0, 0.05) is 25.7 Å². The highest BCUT2D eigenvalue weighted by Crippen LogP contribution is 2.28. The van der Waals surface area contributed by atoms with Crippen molar-refractivity contribution < 1.29 is 14.3 Å². The number of nitrogens with zero attached hydrogens (tertiary/aromatic N) is 3. The standard InChI is InChI=1S/C25H37N5O3/c1-16(2)33-18-11-9-17(10-12-18)22-27-20(19-15-29(7)13-8-14-30(19)22)23(31)28-21(24(32)26-6)25(3,4)5/h9-12,16,21H,8,13-15H2,1-7H3,(H,26,32)(H,28,31)/t21-/m1/s1. The van der Waals surface area contributed by atoms with Gasteiger partial charge in [0.1, 0.15) is 17.6 Å². The van der Waals surface area contributed by atoms with Gasteiger partial charge in [-0.05, 0) is 63.5 Å². The van der Waals surface area contributed by atoms with Crippen LogP contribution in [0.2, 0.25) is 0 Å². The lowest BCUT2D eigenvalue weighted by atomic mass is 9.86. The van der Waals surface area contributed by atoms with E-state index in [0.29, 0.717) is 12.2 Å². The van der Waals surface area contributed by atoms with E-state index < -0.39 is 11.5 Å². The highest BCUT2D eigenvalue weighted by atomic mass is 16.5. The van der Waals surface area contributed by atoms with Crippen LogP contribution in [0.3, 0.4) is 0 Å². The number of rotatable bonds is 6. The van der Waals surface area contributed by atoms with E-state index >= 15 is 0 Å². The van der Waals surface area contributed by atoms with E-state index in [1.54, 1.807) is 7.05 Å². The Morgan fingerprint density at radius 2 is 1.79 bits per heavy atom. The van der Waals surface area contributed by atoms with Crippen molar-refractivity contribution in [2.24, 2.45) is 5.41 Å². The molecular weight excluding hydrogens is 418 g/mol. The van der Waals surface area contributed by atoms with E-state index in [-0.39, 0.29) is 17.9 Å². The molecule has 2 amide bonds. The first-order valence-corrected chi connectivity index (χ1v) is 11.6. The number of aromatic nitrogens is 2. The van der Waals surface area contributed by atoms with Gasteiger partial charge < -0.3 is 24.8 Å². The van der Waals surface area contributed by atoms with Crippen molar-refractivity contribution >= 4 is 11.8 Å². The third-order valence-electron chi connectivity index (χ3n) is 5.76. The SMILES string of the molecule is CNC(=O)[C@@H](NC(=O)c1nc(-c2ccc(OC(C)C)cc2)n2c1CN(C)CCC2)C(C)(C)C. The van der Waals surface area contributed by atoms with Crippen LogP contribution in [-0.2, 0) is 17.9 Å². The molecule has 1 aliphatic heterocycles. The molecule has 2 heterocycles. The molecule has 8 nitrogen and oxygen atoms in total. The quantitative estimate of drug-likeness (QED) is 0.699. The molecule has 1 aromatic carbocycles. The third-order valence-corrected chi connectivity index (χ3v) is 5.76. The zero-order chi connectivity index (χ0) is 24.3. The average Bonchev–Trinajstić information content (AvgIpc) is 2.97. The van der Waals surface area contributed by atoms with Crippen LogP contribution < -0.4 is 15.4 Å². The second-order valence-corrected chi connectivity index (χ2v) is 10.1. The summed E-state index contributed by atoms with van der Waals surface area (Å²) in [6.45, 7) is 12.1. The summed E-state index contributed by atoms with van der Waals surface area (Å²) in [5.74, 6) is 1.00. The number of hydrogen-bond donors (Lipinski definition) is 2. The number of carbonyl (C=O) groups excluding carboxylic acids is 2. The maximum atomic E-state index is 13.4. The maximum Gasteiger partial charge on any atom is 0.272 e. The molecule has 1 aromatic heterocycles. The molecule has 0 saturated heterocycles. The van der Waals surface area contributed by atoms with Gasteiger partial charge >= 0.3 is 0 Å². The normalized spacial score (nSPS) is 15.5. The Labute approximate surface area is 196 Å². The lowest BCUT2D eigenvalue weighted by Crippen LogP contribution is -2.53. The number of benzene rings is 1. The Kier molecular flexibility index (Phi) is 7.47. The fraction of sp³-hybridized carbons (Fsp3) is 0.560. The largest absolute Gasteiger partial charge is 0.491 e. The molecule has 1 aliphatic rings. The first kappa shape index (κ1) is 24.8. The van der Waals surface area contributed by atoms with Gasteiger partial charge in [0.25, 0.3) is 5.91 Å². The van der Waals surface area contributed by atoms with E-state index in [4.69, 9.17) is 9.72 Å². The smallest absolute Gasteiger partial charge is 0.272 e. The monoisotopic (exact) mass is 455 g/mol. The Morgan fingerprint density at radius 3 is 2.36 bits per heavy atom. The van der Waals surface area contributed by atoms with Crippen molar-refractivity contribution in [2.45, 2.75) is 66.3 Å². The summed E-state index contributed by atoms with van der Waals surface area (Å²) in [5.41, 5.74) is 1.72. The molecular formula is C25H37N5O3. The molecule has 2 N–H and O–H groups in total. The zero-order valence-electron chi connectivity index (χ0n) is 20.9. The second kappa shape index (κ2) is 9.95. The van der Waals surface area contributed by atoms with Crippen molar-refractivity contribution in [3.05, 3.63) is 35.7 Å². The molecule has 2 aromatic rings. The fourth-order valence-corrected chi connectivity index (χ4v) is 4.10. The van der Waals surface area contributed by atoms with Crippen LogP contribution in [0.4, 0.5) is 0 Å². The molecule has 0 fully saturated rings. The van der Waals surface area contributed by atoms with E-state index in [2.05, 4.69) is 20.1 Å². The molecule has 0 aliphatic carbocycles. The Morgan fingerprint density at radius 1 is 1.12 bits per heavy atom. The molecule has 0 radical (unpaired) electrons. The number of ether oxygens (including phenoxy) is 1. The summed E-state index contributed by atoms with van der Waals surface area (Å²) in [4.78, 5) is 32.9. The molecule has 0 bridgehead atoms. The van der Waals surface area contributed by atoms with Gasteiger partial charge in [-0.3, -0.25) is 9.59 Å². The van der Waals surface area contributed by atoms with Gasteiger partial charge in [0.2, 0.25) is 5.91 Å². The van der Waals surface area contributed by atoms with Gasteiger partial charge in [-0.2, -0.15) is 0 Å². The number of hydrogen-bond acceptors (Lipinski definition) is 5. The average molecular weight is 456 g/mol. The predicted molar refractivity (Wildman–Crippen MR) is 129 cm³/mol. The summed E-state index contributed by atoms with van der Waals surface area (Å²) >= 11 is 0. The van der Waals surface area contributed by atoms with E-state index in [0.717, 1.165) is 42.3 Å². The van der Waals surface area contributed by atoms with E-state index in [1.807, 2.05) is 65.9 Å². The highest BCUT2D eigenvalue weighted by molar-refractivity contribution is 5.97. The third kappa shape index (κ3) is 5.74. The van der Waals surface area contributed by atoms with Gasteiger partial charge in [-0.1, -0.05) is 20.8 Å².